The number of carbonyl (C=O) groups excluding carboxylic acids is 4. The molecule has 3 atom stereocenters. The Morgan fingerprint density at radius 3 is 1.96 bits per heavy atom. The van der Waals surface area contributed by atoms with Crippen molar-refractivity contribution in [3.63, 3.8) is 0 Å². The normalized spacial score (nSPS) is 25.7. The lowest BCUT2D eigenvalue weighted by Crippen LogP contribution is -2.72. The first-order valence-corrected chi connectivity index (χ1v) is 16.2. The van der Waals surface area contributed by atoms with Gasteiger partial charge in [-0.05, 0) is 108 Å². The maximum Gasteiger partial charge on any atom is 0.407 e. The smallest absolute Gasteiger partial charge is 0.407 e. The summed E-state index contributed by atoms with van der Waals surface area (Å²) >= 11 is 0. The molecule has 0 spiro atoms. The van der Waals surface area contributed by atoms with Crippen molar-refractivity contribution in [2.75, 3.05) is 13.1 Å². The zero-order valence-electron chi connectivity index (χ0n) is 28.0. The maximum atomic E-state index is 14.1. The molecule has 1 aliphatic heterocycles. The van der Waals surface area contributed by atoms with Gasteiger partial charge in [0.15, 0.2) is 0 Å². The number of aromatic nitrogens is 1. The van der Waals surface area contributed by atoms with Gasteiger partial charge in [-0.15, -0.1) is 0 Å². The van der Waals surface area contributed by atoms with Gasteiger partial charge in [-0.3, -0.25) is 14.6 Å². The molecule has 1 saturated heterocycles. The first-order valence-electron chi connectivity index (χ1n) is 16.2. The molecule has 11 nitrogen and oxygen atoms in total. The third-order valence-electron chi connectivity index (χ3n) is 9.12. The fraction of sp³-hybridized carbons (Fsp3) is 0.571. The van der Waals surface area contributed by atoms with Crippen LogP contribution in [0.25, 0.3) is 0 Å². The Kier molecular flexibility index (Phi) is 9.27. The number of ether oxygens (including phenoxy) is 2. The highest BCUT2D eigenvalue weighted by Gasteiger charge is 2.71. The van der Waals surface area contributed by atoms with Crippen molar-refractivity contribution in [1.29, 1.82) is 0 Å². The summed E-state index contributed by atoms with van der Waals surface area (Å²) in [6, 6.07) is 8.45. The van der Waals surface area contributed by atoms with E-state index in [9.17, 15) is 23.6 Å². The molecule has 3 aliphatic carbocycles. The molecule has 254 valence electrons. The lowest BCUT2D eigenvalue weighted by atomic mass is 9.31. The Bertz CT molecular complexity index is 1430. The second-order valence-electron chi connectivity index (χ2n) is 15.4. The van der Waals surface area contributed by atoms with Crippen LogP contribution < -0.4 is 16.0 Å². The van der Waals surface area contributed by atoms with Crippen LogP contribution in [0.4, 0.5) is 14.0 Å². The molecule has 3 saturated carbocycles. The van der Waals surface area contributed by atoms with Crippen LogP contribution in [-0.4, -0.2) is 76.3 Å². The minimum absolute atomic E-state index is 0.0316. The number of likely N-dealkylation sites (tertiary alicyclic amines) is 1. The van der Waals surface area contributed by atoms with Gasteiger partial charge in [0, 0.05) is 37.9 Å². The summed E-state index contributed by atoms with van der Waals surface area (Å²) in [5, 5.41) is 8.85. The molecule has 6 rings (SSSR count). The van der Waals surface area contributed by atoms with E-state index in [-0.39, 0.29) is 48.0 Å². The predicted molar refractivity (Wildman–Crippen MR) is 172 cm³/mol. The summed E-state index contributed by atoms with van der Waals surface area (Å²) in [7, 11) is 0. The minimum Gasteiger partial charge on any atom is -0.444 e. The van der Waals surface area contributed by atoms with Crippen molar-refractivity contribution in [2.24, 2.45) is 5.41 Å². The number of hydrogen-bond donors (Lipinski definition) is 3. The minimum atomic E-state index is -0.712. The zero-order chi connectivity index (χ0) is 34.2. The fourth-order valence-corrected chi connectivity index (χ4v) is 7.27. The van der Waals surface area contributed by atoms with Crippen LogP contribution in [-0.2, 0) is 19.7 Å². The quantitative estimate of drug-likeness (QED) is 0.371. The molecule has 4 aliphatic rings. The molecule has 3 unspecified atom stereocenters. The van der Waals surface area contributed by atoms with E-state index in [0.717, 1.165) is 24.8 Å². The summed E-state index contributed by atoms with van der Waals surface area (Å²) in [5.74, 6) is -0.819. The number of nitrogens with zero attached hydrogens (tertiary/aromatic N) is 2. The topological polar surface area (TPSA) is 139 Å². The van der Waals surface area contributed by atoms with Crippen molar-refractivity contribution in [1.82, 2.24) is 25.8 Å². The standard InChI is InChI=1S/C35H46FN5O6/c1-32(2,3)46-30(44)38-25-14-26(39-31(45)47-33(4,5)6)18-41(17-25)28(42)15-27(40-29(43)22-8-7-13-37-16-22)35-19-34(20-35,21-35)23-9-11-24(36)12-10-23/h7-13,16,25-27H,14-15,17-21H2,1-6H3,(H,38,44)(H,39,45)(H,40,43). The number of carbonyl (C=O) groups is 4. The SMILES string of the molecule is CC(C)(C)OC(=O)NC1CC(NC(=O)OC(C)(C)C)CN(C(=O)CC(NC(=O)c2cccnc2)C23CC(c4ccc(F)cc4)(C2)C3)C1. The molecular formula is C35H46FN5O6. The highest BCUT2D eigenvalue weighted by atomic mass is 19.1. The average molecular weight is 652 g/mol. The van der Waals surface area contributed by atoms with Crippen LogP contribution in [0.5, 0.6) is 0 Å². The number of benzene rings is 1. The van der Waals surface area contributed by atoms with Crippen molar-refractivity contribution < 1.29 is 33.0 Å². The van der Waals surface area contributed by atoms with E-state index in [0.29, 0.717) is 12.0 Å². The van der Waals surface area contributed by atoms with Crippen molar-refractivity contribution in [2.45, 2.75) is 108 Å². The fourth-order valence-electron chi connectivity index (χ4n) is 7.27. The molecular weight excluding hydrogens is 605 g/mol. The third kappa shape index (κ3) is 8.20. The van der Waals surface area contributed by atoms with Gasteiger partial charge in [-0.25, -0.2) is 14.0 Å². The monoisotopic (exact) mass is 651 g/mol. The van der Waals surface area contributed by atoms with Crippen LogP contribution in [0.2, 0.25) is 0 Å². The molecule has 47 heavy (non-hydrogen) atoms. The van der Waals surface area contributed by atoms with Gasteiger partial charge in [-0.1, -0.05) is 12.1 Å². The number of nitrogens with one attached hydrogen (secondary N) is 3. The number of rotatable bonds is 8. The second kappa shape index (κ2) is 12.8. The van der Waals surface area contributed by atoms with Crippen LogP contribution in [0, 0.1) is 11.2 Å². The number of hydrogen-bond acceptors (Lipinski definition) is 7. The Morgan fingerprint density at radius 2 is 1.47 bits per heavy atom. The summed E-state index contributed by atoms with van der Waals surface area (Å²) in [5.41, 5.74) is -0.352. The van der Waals surface area contributed by atoms with Crippen molar-refractivity contribution in [3.8, 4) is 0 Å². The van der Waals surface area contributed by atoms with Crippen LogP contribution in [0.3, 0.4) is 0 Å². The van der Waals surface area contributed by atoms with E-state index in [1.54, 1.807) is 64.8 Å². The summed E-state index contributed by atoms with van der Waals surface area (Å²) < 4.78 is 24.5. The molecule has 2 heterocycles. The van der Waals surface area contributed by atoms with Crippen LogP contribution in [0.1, 0.15) is 89.6 Å². The molecule has 4 fully saturated rings. The van der Waals surface area contributed by atoms with Gasteiger partial charge in [0.05, 0.1) is 17.6 Å². The Labute approximate surface area is 275 Å². The van der Waals surface area contributed by atoms with Gasteiger partial charge in [0.25, 0.3) is 5.91 Å². The molecule has 12 heteroatoms. The van der Waals surface area contributed by atoms with E-state index in [4.69, 9.17) is 9.47 Å². The summed E-state index contributed by atoms with van der Waals surface area (Å²) in [4.78, 5) is 58.5. The van der Waals surface area contributed by atoms with Gasteiger partial charge >= 0.3 is 12.2 Å². The van der Waals surface area contributed by atoms with E-state index in [1.807, 2.05) is 12.1 Å². The number of amides is 4. The molecule has 1 aromatic carbocycles. The van der Waals surface area contributed by atoms with Gasteiger partial charge in [-0.2, -0.15) is 0 Å². The first kappa shape index (κ1) is 34.1. The van der Waals surface area contributed by atoms with Crippen LogP contribution >= 0.6 is 0 Å². The Hall–Kier alpha value is -4.22. The molecule has 1 aromatic heterocycles. The van der Waals surface area contributed by atoms with E-state index >= 15 is 0 Å². The predicted octanol–water partition coefficient (Wildman–Crippen LogP) is 4.85. The van der Waals surface area contributed by atoms with E-state index < -0.39 is 41.5 Å². The first-order chi connectivity index (χ1) is 21.9. The maximum absolute atomic E-state index is 14.1. The molecule has 2 bridgehead atoms. The second-order valence-corrected chi connectivity index (χ2v) is 15.4. The Balaban J connectivity index is 1.32. The highest BCUT2D eigenvalue weighted by molar-refractivity contribution is 5.94. The van der Waals surface area contributed by atoms with E-state index in [2.05, 4.69) is 20.9 Å². The number of halogens is 1. The van der Waals surface area contributed by atoms with Gasteiger partial charge in [0.1, 0.15) is 17.0 Å². The highest BCUT2D eigenvalue weighted by Crippen LogP contribution is 2.75. The average Bonchev–Trinajstić information content (AvgIpc) is 2.90. The zero-order valence-corrected chi connectivity index (χ0v) is 28.0. The van der Waals surface area contributed by atoms with Crippen molar-refractivity contribution in [3.05, 3.63) is 65.7 Å². The van der Waals surface area contributed by atoms with Crippen molar-refractivity contribution >= 4 is 24.0 Å². The van der Waals surface area contributed by atoms with E-state index in [1.165, 1.54) is 18.3 Å². The third-order valence-corrected chi connectivity index (χ3v) is 9.12. The van der Waals surface area contributed by atoms with Crippen LogP contribution in [0.15, 0.2) is 48.8 Å². The lowest BCUT2D eigenvalue weighted by Gasteiger charge is -2.73. The molecule has 2 aromatic rings. The lowest BCUT2D eigenvalue weighted by molar-refractivity contribution is -0.169. The number of pyridine rings is 1. The van der Waals surface area contributed by atoms with Gasteiger partial charge in [0.2, 0.25) is 5.91 Å². The largest absolute Gasteiger partial charge is 0.444 e. The number of piperidine rings is 1. The molecule has 3 N–H and O–H groups in total. The Morgan fingerprint density at radius 1 is 0.915 bits per heavy atom. The molecule has 0 radical (unpaired) electrons. The summed E-state index contributed by atoms with van der Waals surface area (Å²) in [6.45, 7) is 11.0. The summed E-state index contributed by atoms with van der Waals surface area (Å²) in [6.07, 6.45) is 4.54. The molecule has 4 amide bonds. The van der Waals surface area contributed by atoms with Gasteiger partial charge < -0.3 is 30.3 Å². The number of alkyl carbamates (subject to hydrolysis) is 2.